The van der Waals surface area contributed by atoms with Crippen LogP contribution in [0.3, 0.4) is 0 Å². The lowest BCUT2D eigenvalue weighted by molar-refractivity contribution is 0.658. The highest BCUT2D eigenvalue weighted by Crippen LogP contribution is 2.22. The Morgan fingerprint density at radius 1 is 1.26 bits per heavy atom. The highest BCUT2D eigenvalue weighted by molar-refractivity contribution is 5.76. The zero-order chi connectivity index (χ0) is 13.2. The van der Waals surface area contributed by atoms with Crippen molar-refractivity contribution in [3.8, 4) is 0 Å². The number of imidazole rings is 1. The predicted octanol–water partition coefficient (Wildman–Crippen LogP) is 1.89. The molecule has 19 heavy (non-hydrogen) atoms. The average molecular weight is 253 g/mol. The molecular weight excluding hydrogens is 238 g/mol. The minimum atomic E-state index is -0.360. The van der Waals surface area contributed by atoms with Gasteiger partial charge < -0.3 is 10.3 Å². The third-order valence-electron chi connectivity index (χ3n) is 3.18. The molecule has 2 N–H and O–H groups in total. The monoisotopic (exact) mass is 253 g/mol. The normalized spacial score (nSPS) is 12.7. The van der Waals surface area contributed by atoms with Crippen LogP contribution in [0, 0.1) is 0 Å². The number of hydrogen-bond acceptors (Lipinski definition) is 4. The summed E-state index contributed by atoms with van der Waals surface area (Å²) in [6, 6.07) is 7.68. The molecule has 1 unspecified atom stereocenters. The molecule has 3 rings (SSSR count). The largest absolute Gasteiger partial charge is 0.327 e. The molecule has 0 saturated heterocycles. The predicted molar refractivity (Wildman–Crippen MR) is 73.5 cm³/mol. The second-order valence-electron chi connectivity index (χ2n) is 4.31. The quantitative estimate of drug-likeness (QED) is 0.774. The Morgan fingerprint density at radius 3 is 2.84 bits per heavy atom. The Balaban J connectivity index is 2.14. The van der Waals surface area contributed by atoms with E-state index in [4.69, 9.17) is 5.73 Å². The third kappa shape index (κ3) is 1.98. The molecule has 0 aliphatic carbocycles. The van der Waals surface area contributed by atoms with Gasteiger partial charge in [-0.25, -0.2) is 4.98 Å². The van der Waals surface area contributed by atoms with E-state index in [2.05, 4.69) is 32.5 Å². The van der Waals surface area contributed by atoms with Gasteiger partial charge in [0.2, 0.25) is 0 Å². The van der Waals surface area contributed by atoms with Crippen LogP contribution in [0.25, 0.3) is 11.0 Å². The van der Waals surface area contributed by atoms with Gasteiger partial charge in [0.05, 0.1) is 22.9 Å². The molecule has 0 amide bonds. The summed E-state index contributed by atoms with van der Waals surface area (Å²) in [6.07, 6.45) is 4.97. The van der Waals surface area contributed by atoms with E-state index >= 15 is 0 Å². The number of nitrogens with zero attached hydrogens (tertiary/aromatic N) is 4. The van der Waals surface area contributed by atoms with Gasteiger partial charge in [-0.3, -0.25) is 9.97 Å². The zero-order valence-electron chi connectivity index (χ0n) is 10.7. The molecule has 0 fully saturated rings. The second-order valence-corrected chi connectivity index (χ2v) is 4.31. The molecule has 0 spiro atoms. The molecular formula is C14H15N5. The molecule has 3 aromatic rings. The number of para-hydroxylation sites is 2. The number of aromatic nitrogens is 4. The van der Waals surface area contributed by atoms with Crippen LogP contribution in [0.4, 0.5) is 0 Å². The fourth-order valence-electron chi connectivity index (χ4n) is 2.27. The number of rotatable bonds is 3. The maximum Gasteiger partial charge on any atom is 0.133 e. The first-order valence-electron chi connectivity index (χ1n) is 6.28. The van der Waals surface area contributed by atoms with Crippen molar-refractivity contribution >= 4 is 11.0 Å². The van der Waals surface area contributed by atoms with Crippen LogP contribution in [0.2, 0.25) is 0 Å². The summed E-state index contributed by atoms with van der Waals surface area (Å²) in [6.45, 7) is 2.91. The summed E-state index contributed by atoms with van der Waals surface area (Å²) < 4.78 is 2.12. The second kappa shape index (κ2) is 4.78. The van der Waals surface area contributed by atoms with Gasteiger partial charge in [0.1, 0.15) is 11.9 Å². The van der Waals surface area contributed by atoms with Gasteiger partial charge in [-0.1, -0.05) is 12.1 Å². The minimum Gasteiger partial charge on any atom is -0.327 e. The van der Waals surface area contributed by atoms with E-state index in [-0.39, 0.29) is 6.04 Å². The number of benzene rings is 1. The molecule has 1 atom stereocenters. The first-order chi connectivity index (χ1) is 9.31. The first-order valence-corrected chi connectivity index (χ1v) is 6.28. The van der Waals surface area contributed by atoms with Crippen LogP contribution in [0.5, 0.6) is 0 Å². The smallest absolute Gasteiger partial charge is 0.133 e. The highest BCUT2D eigenvalue weighted by atomic mass is 15.1. The van der Waals surface area contributed by atoms with Gasteiger partial charge in [0.15, 0.2) is 0 Å². The molecule has 0 radical (unpaired) electrons. The van der Waals surface area contributed by atoms with Gasteiger partial charge in [-0.15, -0.1) is 0 Å². The molecule has 2 aromatic heterocycles. The maximum atomic E-state index is 6.27. The van der Waals surface area contributed by atoms with Crippen molar-refractivity contribution in [2.75, 3.05) is 0 Å². The van der Waals surface area contributed by atoms with Crippen LogP contribution in [-0.4, -0.2) is 19.5 Å². The molecule has 0 aliphatic heterocycles. The molecule has 96 valence electrons. The molecule has 0 bridgehead atoms. The lowest BCUT2D eigenvalue weighted by Crippen LogP contribution is -2.19. The van der Waals surface area contributed by atoms with E-state index in [9.17, 15) is 0 Å². The van der Waals surface area contributed by atoms with E-state index < -0.39 is 0 Å². The van der Waals surface area contributed by atoms with Crippen LogP contribution in [-0.2, 0) is 6.54 Å². The highest BCUT2D eigenvalue weighted by Gasteiger charge is 2.18. The Labute approximate surface area is 111 Å². The van der Waals surface area contributed by atoms with Crippen molar-refractivity contribution in [3.63, 3.8) is 0 Å². The van der Waals surface area contributed by atoms with Crippen LogP contribution in [0.15, 0.2) is 42.9 Å². The molecule has 5 nitrogen and oxygen atoms in total. The Kier molecular flexibility index (Phi) is 2.97. The van der Waals surface area contributed by atoms with Gasteiger partial charge in [-0.05, 0) is 19.1 Å². The van der Waals surface area contributed by atoms with Crippen molar-refractivity contribution in [1.29, 1.82) is 0 Å². The van der Waals surface area contributed by atoms with E-state index in [1.165, 1.54) is 0 Å². The summed E-state index contributed by atoms with van der Waals surface area (Å²) >= 11 is 0. The van der Waals surface area contributed by atoms with Crippen LogP contribution in [0.1, 0.15) is 24.5 Å². The van der Waals surface area contributed by atoms with Crippen molar-refractivity contribution in [3.05, 3.63) is 54.4 Å². The van der Waals surface area contributed by atoms with Gasteiger partial charge in [0, 0.05) is 18.9 Å². The summed E-state index contributed by atoms with van der Waals surface area (Å²) in [4.78, 5) is 13.0. The molecule has 0 aliphatic rings. The van der Waals surface area contributed by atoms with Gasteiger partial charge >= 0.3 is 0 Å². The lowest BCUT2D eigenvalue weighted by Gasteiger charge is -2.12. The molecule has 0 saturated carbocycles. The number of hydrogen-bond donors (Lipinski definition) is 1. The zero-order valence-corrected chi connectivity index (χ0v) is 10.7. The van der Waals surface area contributed by atoms with E-state index in [0.717, 1.165) is 29.1 Å². The SMILES string of the molecule is CCn1c(C(N)c2cnccn2)nc2ccccc21. The lowest BCUT2D eigenvalue weighted by atomic mass is 10.2. The fraction of sp³-hybridized carbons (Fsp3) is 0.214. The minimum absolute atomic E-state index is 0.360. The van der Waals surface area contributed by atoms with Crippen molar-refractivity contribution in [2.24, 2.45) is 5.73 Å². The van der Waals surface area contributed by atoms with Crippen molar-refractivity contribution < 1.29 is 0 Å². The number of nitrogens with two attached hydrogens (primary N) is 1. The van der Waals surface area contributed by atoms with E-state index in [1.54, 1.807) is 18.6 Å². The maximum absolute atomic E-state index is 6.27. The average Bonchev–Trinajstić information content (AvgIpc) is 2.85. The Bertz CT molecular complexity index is 689. The summed E-state index contributed by atoms with van der Waals surface area (Å²) in [7, 11) is 0. The summed E-state index contributed by atoms with van der Waals surface area (Å²) in [5.74, 6) is 0.823. The van der Waals surface area contributed by atoms with Crippen LogP contribution < -0.4 is 5.73 Å². The number of aryl methyl sites for hydroxylation is 1. The standard InChI is InChI=1S/C14H15N5/c1-2-19-12-6-4-3-5-10(12)18-14(19)13(15)11-9-16-7-8-17-11/h3-9,13H,2,15H2,1H3. The van der Waals surface area contributed by atoms with Gasteiger partial charge in [0.25, 0.3) is 0 Å². The topological polar surface area (TPSA) is 69.6 Å². The molecule has 1 aromatic carbocycles. The van der Waals surface area contributed by atoms with Crippen LogP contribution >= 0.6 is 0 Å². The van der Waals surface area contributed by atoms with E-state index in [0.29, 0.717) is 0 Å². The van der Waals surface area contributed by atoms with Crippen molar-refractivity contribution in [2.45, 2.75) is 19.5 Å². The first kappa shape index (κ1) is 11.8. The van der Waals surface area contributed by atoms with E-state index in [1.807, 2.05) is 18.2 Å². The van der Waals surface area contributed by atoms with Crippen molar-refractivity contribution in [1.82, 2.24) is 19.5 Å². The van der Waals surface area contributed by atoms with Gasteiger partial charge in [-0.2, -0.15) is 0 Å². The summed E-state index contributed by atoms with van der Waals surface area (Å²) in [5.41, 5.74) is 9.05. The molecule has 2 heterocycles. The Morgan fingerprint density at radius 2 is 2.11 bits per heavy atom. The third-order valence-corrected chi connectivity index (χ3v) is 3.18. The number of fused-ring (bicyclic) bond motifs is 1. The Hall–Kier alpha value is -2.27. The molecule has 5 heteroatoms. The fourth-order valence-corrected chi connectivity index (χ4v) is 2.27. The summed E-state index contributed by atoms with van der Waals surface area (Å²) in [5, 5.41) is 0.